The van der Waals surface area contributed by atoms with Crippen molar-refractivity contribution in [3.8, 4) is 0 Å². The van der Waals surface area contributed by atoms with E-state index in [1.807, 2.05) is 39.8 Å². The average molecular weight is 252 g/mol. The third kappa shape index (κ3) is 3.50. The third-order valence-electron chi connectivity index (χ3n) is 2.63. The van der Waals surface area contributed by atoms with Gasteiger partial charge in [-0.3, -0.25) is 9.00 Å². The maximum atomic E-state index is 12.2. The van der Waals surface area contributed by atoms with Gasteiger partial charge in [0.15, 0.2) is 5.78 Å². The lowest BCUT2D eigenvalue weighted by atomic mass is 10.1. The second-order valence-electron chi connectivity index (χ2n) is 5.28. The Hall–Kier alpha value is -0.960. The summed E-state index contributed by atoms with van der Waals surface area (Å²) in [5.41, 5.74) is 1.76. The van der Waals surface area contributed by atoms with Crippen LogP contribution in [0.2, 0.25) is 0 Å². The Morgan fingerprint density at radius 1 is 1.18 bits per heavy atom. The van der Waals surface area contributed by atoms with Gasteiger partial charge in [0.05, 0.1) is 5.25 Å². The van der Waals surface area contributed by atoms with Crippen molar-refractivity contribution in [3.05, 3.63) is 35.4 Å². The van der Waals surface area contributed by atoms with Crippen LogP contribution in [0.3, 0.4) is 0 Å². The van der Waals surface area contributed by atoms with E-state index in [-0.39, 0.29) is 10.5 Å². The Labute approximate surface area is 106 Å². The quantitative estimate of drug-likeness (QED) is 0.775. The Balaban J connectivity index is 2.91. The number of benzene rings is 1. The molecule has 1 rings (SSSR count). The largest absolute Gasteiger partial charge is 0.293 e. The summed E-state index contributed by atoms with van der Waals surface area (Å²) in [5, 5.41) is -0.460. The predicted molar refractivity (Wildman–Crippen MR) is 72.9 cm³/mol. The van der Waals surface area contributed by atoms with Crippen molar-refractivity contribution in [2.75, 3.05) is 0 Å². The van der Waals surface area contributed by atoms with E-state index >= 15 is 0 Å². The Kier molecular flexibility index (Phi) is 4.26. The van der Waals surface area contributed by atoms with Crippen molar-refractivity contribution < 1.29 is 9.00 Å². The zero-order valence-corrected chi connectivity index (χ0v) is 11.9. The molecule has 0 spiro atoms. The van der Waals surface area contributed by atoms with Crippen LogP contribution in [0.5, 0.6) is 0 Å². The van der Waals surface area contributed by atoms with Gasteiger partial charge in [0.25, 0.3) is 0 Å². The van der Waals surface area contributed by atoms with E-state index in [0.717, 1.165) is 5.56 Å². The normalized spacial score (nSPS) is 15.4. The van der Waals surface area contributed by atoms with E-state index in [0.29, 0.717) is 5.56 Å². The lowest BCUT2D eigenvalue weighted by Gasteiger charge is -2.22. The molecule has 2 unspecified atom stereocenters. The maximum absolute atomic E-state index is 12.2. The first-order valence-corrected chi connectivity index (χ1v) is 6.96. The van der Waals surface area contributed by atoms with E-state index in [1.165, 1.54) is 0 Å². The molecule has 3 heteroatoms. The summed E-state index contributed by atoms with van der Waals surface area (Å²) in [4.78, 5) is 12.2. The molecule has 2 atom stereocenters. The molecule has 2 nitrogen and oxygen atoms in total. The molecule has 0 saturated heterocycles. The topological polar surface area (TPSA) is 34.1 Å². The van der Waals surface area contributed by atoms with Crippen LogP contribution in [-0.4, -0.2) is 20.0 Å². The highest BCUT2D eigenvalue weighted by atomic mass is 32.2. The fraction of sp³-hybridized carbons (Fsp3) is 0.500. The number of Topliss-reactive ketones (excluding diaryl/α,β-unsaturated/α-hetero) is 1. The number of carbonyl (C=O) groups is 1. The number of hydrogen-bond donors (Lipinski definition) is 0. The van der Waals surface area contributed by atoms with Crippen LogP contribution in [0.4, 0.5) is 0 Å². The summed E-state index contributed by atoms with van der Waals surface area (Å²) < 4.78 is 11.8. The summed E-state index contributed by atoms with van der Waals surface area (Å²) in [6.45, 7) is 9.39. The Morgan fingerprint density at radius 2 is 1.65 bits per heavy atom. The minimum atomic E-state index is -1.17. The lowest BCUT2D eigenvalue weighted by molar-refractivity contribution is 0.0992. The van der Waals surface area contributed by atoms with Gasteiger partial charge < -0.3 is 0 Å². The van der Waals surface area contributed by atoms with Crippen molar-refractivity contribution in [2.24, 2.45) is 0 Å². The summed E-state index contributed by atoms with van der Waals surface area (Å²) in [6.07, 6.45) is 0. The van der Waals surface area contributed by atoms with Crippen LogP contribution in [0, 0.1) is 6.92 Å². The van der Waals surface area contributed by atoms with Crippen LogP contribution in [0.1, 0.15) is 43.6 Å². The monoisotopic (exact) mass is 252 g/mol. The summed E-state index contributed by atoms with van der Waals surface area (Å²) in [6, 6.07) is 7.40. The van der Waals surface area contributed by atoms with E-state index in [4.69, 9.17) is 0 Å². The molecule has 0 N–H and O–H groups in total. The Morgan fingerprint density at radius 3 is 2.06 bits per heavy atom. The minimum absolute atomic E-state index is 0.0433. The third-order valence-corrected chi connectivity index (χ3v) is 4.69. The van der Waals surface area contributed by atoms with Gasteiger partial charge in [-0.25, -0.2) is 0 Å². The number of ketones is 1. The van der Waals surface area contributed by atoms with Gasteiger partial charge in [0, 0.05) is 21.1 Å². The molecule has 0 heterocycles. The highest BCUT2D eigenvalue weighted by Gasteiger charge is 2.29. The predicted octanol–water partition coefficient (Wildman–Crippen LogP) is 3.11. The number of hydrogen-bond acceptors (Lipinski definition) is 2. The second kappa shape index (κ2) is 5.13. The molecule has 0 saturated carbocycles. The number of carbonyl (C=O) groups excluding carboxylic acids is 1. The molecule has 0 aliphatic heterocycles. The van der Waals surface area contributed by atoms with E-state index in [1.54, 1.807) is 19.1 Å². The molecular weight excluding hydrogens is 232 g/mol. The van der Waals surface area contributed by atoms with Gasteiger partial charge in [-0.2, -0.15) is 0 Å². The second-order valence-corrected chi connectivity index (χ2v) is 7.81. The lowest BCUT2D eigenvalue weighted by Crippen LogP contribution is -2.34. The van der Waals surface area contributed by atoms with Crippen molar-refractivity contribution >= 4 is 16.6 Å². The molecule has 0 aliphatic carbocycles. The molecule has 0 fully saturated rings. The van der Waals surface area contributed by atoms with Gasteiger partial charge in [-0.05, 0) is 34.6 Å². The first-order chi connectivity index (χ1) is 7.73. The fourth-order valence-electron chi connectivity index (χ4n) is 1.58. The molecular formula is C14H20O2S. The molecule has 1 aromatic carbocycles. The van der Waals surface area contributed by atoms with Crippen molar-refractivity contribution in [1.29, 1.82) is 0 Å². The molecule has 1 aromatic rings. The van der Waals surface area contributed by atoms with Gasteiger partial charge in [-0.1, -0.05) is 29.8 Å². The van der Waals surface area contributed by atoms with Gasteiger partial charge in [-0.15, -0.1) is 0 Å². The Bertz CT molecular complexity index is 427. The zero-order chi connectivity index (χ0) is 13.2. The molecule has 0 aromatic heterocycles. The van der Waals surface area contributed by atoms with Gasteiger partial charge in [0.2, 0.25) is 0 Å². The number of aryl methyl sites for hydroxylation is 1. The van der Waals surface area contributed by atoms with Gasteiger partial charge in [0.1, 0.15) is 0 Å². The highest BCUT2D eigenvalue weighted by Crippen LogP contribution is 2.19. The minimum Gasteiger partial charge on any atom is -0.293 e. The maximum Gasteiger partial charge on any atom is 0.178 e. The van der Waals surface area contributed by atoms with E-state index in [2.05, 4.69) is 0 Å². The van der Waals surface area contributed by atoms with Crippen LogP contribution < -0.4 is 0 Å². The summed E-state index contributed by atoms with van der Waals surface area (Å²) in [7, 11) is -1.17. The highest BCUT2D eigenvalue weighted by molar-refractivity contribution is 7.87. The summed E-state index contributed by atoms with van der Waals surface area (Å²) >= 11 is 0. The van der Waals surface area contributed by atoms with E-state index in [9.17, 15) is 9.00 Å². The SMILES string of the molecule is Cc1ccc(C(=O)C(C)S(=O)C(C)(C)C)cc1. The smallest absolute Gasteiger partial charge is 0.178 e. The van der Waals surface area contributed by atoms with Crippen molar-refractivity contribution in [3.63, 3.8) is 0 Å². The first-order valence-electron chi connectivity index (χ1n) is 5.75. The summed E-state index contributed by atoms with van der Waals surface area (Å²) in [5.74, 6) is -0.0433. The molecule has 0 amide bonds. The zero-order valence-electron chi connectivity index (χ0n) is 11.1. The standard InChI is InChI=1S/C14H20O2S/c1-10-6-8-12(9-7-10)13(15)11(2)17(16)14(3,4)5/h6-9,11H,1-5H3. The van der Waals surface area contributed by atoms with Crippen LogP contribution in [0.25, 0.3) is 0 Å². The van der Waals surface area contributed by atoms with E-state index < -0.39 is 16.0 Å². The van der Waals surface area contributed by atoms with Crippen LogP contribution in [0.15, 0.2) is 24.3 Å². The molecule has 94 valence electrons. The average Bonchev–Trinajstić information content (AvgIpc) is 2.26. The van der Waals surface area contributed by atoms with Crippen molar-refractivity contribution in [2.45, 2.75) is 44.6 Å². The van der Waals surface area contributed by atoms with Gasteiger partial charge >= 0.3 is 0 Å². The fourth-order valence-corrected chi connectivity index (χ4v) is 2.97. The van der Waals surface area contributed by atoms with Crippen LogP contribution >= 0.6 is 0 Å². The molecule has 0 radical (unpaired) electrons. The van der Waals surface area contributed by atoms with Crippen LogP contribution in [-0.2, 0) is 10.8 Å². The first kappa shape index (κ1) is 14.1. The number of rotatable bonds is 3. The van der Waals surface area contributed by atoms with Crippen molar-refractivity contribution in [1.82, 2.24) is 0 Å². The molecule has 0 aliphatic rings. The molecule has 17 heavy (non-hydrogen) atoms. The molecule has 0 bridgehead atoms.